The van der Waals surface area contributed by atoms with Crippen molar-refractivity contribution in [2.24, 2.45) is 0 Å². The molecule has 1 heteroatoms. The molecule has 1 nitrogen and oxygen atoms in total. The molecule has 26 heavy (non-hydrogen) atoms. The first-order valence-corrected chi connectivity index (χ1v) is 8.74. The topological polar surface area (TPSA) is 17.1 Å². The smallest absolute Gasteiger partial charge is 0.193 e. The molecule has 0 atom stereocenters. The molecule has 122 valence electrons. The maximum Gasteiger partial charge on any atom is 0.193 e. The Hall–Kier alpha value is -3.45. The molecule has 0 aliphatic heterocycles. The Bertz CT molecular complexity index is 1300. The van der Waals surface area contributed by atoms with Gasteiger partial charge in [-0.1, -0.05) is 72.8 Å². The van der Waals surface area contributed by atoms with Gasteiger partial charge in [0.25, 0.3) is 0 Å². The third-order valence-corrected chi connectivity index (χ3v) is 4.98. The normalized spacial score (nSPS) is 11.2. The molecule has 0 N–H and O–H groups in total. The fraction of sp³-hybridized carbons (Fsp3) is 0. The van der Waals surface area contributed by atoms with Crippen molar-refractivity contribution in [2.75, 3.05) is 0 Å². The molecule has 0 bridgehead atoms. The number of hydrogen-bond acceptors (Lipinski definition) is 1. The summed E-state index contributed by atoms with van der Waals surface area (Å²) in [4.78, 5) is 13.0. The van der Waals surface area contributed by atoms with Crippen LogP contribution in [0, 0.1) is 0 Å². The Morgan fingerprint density at radius 3 is 1.50 bits per heavy atom. The summed E-state index contributed by atoms with van der Waals surface area (Å²) in [6, 6.07) is 32.6. The second kappa shape index (κ2) is 5.82. The van der Waals surface area contributed by atoms with Crippen LogP contribution in [0.4, 0.5) is 0 Å². The van der Waals surface area contributed by atoms with Gasteiger partial charge < -0.3 is 0 Å². The van der Waals surface area contributed by atoms with Crippen LogP contribution in [0.2, 0.25) is 0 Å². The number of ketones is 1. The third kappa shape index (κ3) is 2.46. The lowest BCUT2D eigenvalue weighted by atomic mass is 9.96. The van der Waals surface area contributed by atoms with E-state index in [0.29, 0.717) is 0 Å². The van der Waals surface area contributed by atoms with Crippen LogP contribution in [0.15, 0.2) is 97.1 Å². The summed E-state index contributed by atoms with van der Waals surface area (Å²) in [5.41, 5.74) is 1.45. The zero-order valence-electron chi connectivity index (χ0n) is 14.1. The molecule has 0 saturated carbocycles. The second-order valence-electron chi connectivity index (χ2n) is 6.65. The highest BCUT2D eigenvalue weighted by molar-refractivity contribution is 6.12. The first-order valence-electron chi connectivity index (χ1n) is 8.74. The minimum Gasteiger partial charge on any atom is -0.289 e. The number of carbonyl (C=O) groups is 1. The average Bonchev–Trinajstić information content (AvgIpc) is 2.71. The van der Waals surface area contributed by atoms with Crippen molar-refractivity contribution in [1.82, 2.24) is 0 Å². The van der Waals surface area contributed by atoms with Crippen molar-refractivity contribution in [2.45, 2.75) is 0 Å². The maximum absolute atomic E-state index is 13.0. The van der Waals surface area contributed by atoms with E-state index in [-0.39, 0.29) is 5.78 Å². The van der Waals surface area contributed by atoms with Crippen LogP contribution < -0.4 is 0 Å². The van der Waals surface area contributed by atoms with Gasteiger partial charge in [0.1, 0.15) is 0 Å². The van der Waals surface area contributed by atoms with Gasteiger partial charge in [-0.25, -0.2) is 0 Å². The first-order chi connectivity index (χ1) is 12.8. The van der Waals surface area contributed by atoms with E-state index in [1.54, 1.807) is 0 Å². The molecule has 0 unspecified atom stereocenters. The van der Waals surface area contributed by atoms with Crippen LogP contribution in [0.25, 0.3) is 32.3 Å². The van der Waals surface area contributed by atoms with Crippen molar-refractivity contribution in [3.8, 4) is 0 Å². The van der Waals surface area contributed by atoms with E-state index < -0.39 is 0 Å². The van der Waals surface area contributed by atoms with Gasteiger partial charge in [0, 0.05) is 11.1 Å². The fourth-order valence-electron chi connectivity index (χ4n) is 3.58. The largest absolute Gasteiger partial charge is 0.289 e. The maximum atomic E-state index is 13.0. The molecular formula is C25H16O. The molecule has 0 fully saturated rings. The molecule has 5 aromatic rings. The van der Waals surface area contributed by atoms with Gasteiger partial charge in [-0.3, -0.25) is 4.79 Å². The number of hydrogen-bond donors (Lipinski definition) is 0. The van der Waals surface area contributed by atoms with Crippen LogP contribution in [0.1, 0.15) is 15.9 Å². The Labute approximate surface area is 151 Å². The lowest BCUT2D eigenvalue weighted by Gasteiger charge is -2.07. The second-order valence-corrected chi connectivity index (χ2v) is 6.65. The van der Waals surface area contributed by atoms with Crippen LogP contribution in [0.5, 0.6) is 0 Å². The van der Waals surface area contributed by atoms with Crippen molar-refractivity contribution >= 4 is 38.1 Å². The van der Waals surface area contributed by atoms with E-state index in [1.807, 2.05) is 66.7 Å². The van der Waals surface area contributed by atoms with Gasteiger partial charge in [-0.2, -0.15) is 0 Å². The van der Waals surface area contributed by atoms with E-state index in [2.05, 4.69) is 30.3 Å². The van der Waals surface area contributed by atoms with Crippen LogP contribution in [-0.4, -0.2) is 5.78 Å². The molecule has 0 radical (unpaired) electrons. The van der Waals surface area contributed by atoms with Crippen molar-refractivity contribution < 1.29 is 4.79 Å². The molecule has 0 heterocycles. The van der Waals surface area contributed by atoms with Gasteiger partial charge >= 0.3 is 0 Å². The summed E-state index contributed by atoms with van der Waals surface area (Å²) >= 11 is 0. The van der Waals surface area contributed by atoms with Gasteiger partial charge in [0.05, 0.1) is 0 Å². The Morgan fingerprint density at radius 1 is 0.423 bits per heavy atom. The zero-order valence-corrected chi connectivity index (χ0v) is 14.1. The van der Waals surface area contributed by atoms with Gasteiger partial charge in [-0.15, -0.1) is 0 Å². The summed E-state index contributed by atoms with van der Waals surface area (Å²) < 4.78 is 0. The quantitative estimate of drug-likeness (QED) is 0.271. The molecule has 5 aromatic carbocycles. The Morgan fingerprint density at radius 2 is 0.846 bits per heavy atom. The minimum atomic E-state index is 0.0609. The number of fused-ring (bicyclic) bond motifs is 3. The van der Waals surface area contributed by atoms with E-state index in [9.17, 15) is 4.79 Å². The summed E-state index contributed by atoms with van der Waals surface area (Å²) in [5.74, 6) is 0.0609. The predicted molar refractivity (Wildman–Crippen MR) is 109 cm³/mol. The first kappa shape index (κ1) is 14.9. The van der Waals surface area contributed by atoms with E-state index >= 15 is 0 Å². The lowest BCUT2D eigenvalue weighted by molar-refractivity contribution is 0.103. The average molecular weight is 332 g/mol. The molecule has 0 saturated heterocycles. The summed E-state index contributed by atoms with van der Waals surface area (Å²) in [6.45, 7) is 0. The molecule has 0 amide bonds. The number of rotatable bonds is 2. The zero-order chi connectivity index (χ0) is 17.5. The molecule has 0 aliphatic carbocycles. The number of benzene rings is 5. The van der Waals surface area contributed by atoms with Gasteiger partial charge in [0.15, 0.2) is 5.78 Å². The highest BCUT2D eigenvalue weighted by atomic mass is 16.1. The molecule has 0 spiro atoms. The third-order valence-electron chi connectivity index (χ3n) is 4.98. The predicted octanol–water partition coefficient (Wildman–Crippen LogP) is 6.38. The highest BCUT2D eigenvalue weighted by Crippen LogP contribution is 2.25. The van der Waals surface area contributed by atoms with Crippen LogP contribution in [0.3, 0.4) is 0 Å². The SMILES string of the molecule is O=C(c1ccc2ccccc2c1)c1ccc2cc3ccccc3cc2c1. The van der Waals surface area contributed by atoms with E-state index in [4.69, 9.17) is 0 Å². The van der Waals surface area contributed by atoms with Crippen molar-refractivity contribution in [3.63, 3.8) is 0 Å². The standard InChI is InChI=1S/C25H16O/c26-25(22-11-9-17-5-1-2-6-18(17)14-22)23-12-10-21-13-19-7-3-4-8-20(19)15-24(21)16-23/h1-16H. The highest BCUT2D eigenvalue weighted by Gasteiger charge is 2.10. The summed E-state index contributed by atoms with van der Waals surface area (Å²) in [6.07, 6.45) is 0. The van der Waals surface area contributed by atoms with E-state index in [0.717, 1.165) is 32.7 Å². The fourth-order valence-corrected chi connectivity index (χ4v) is 3.58. The number of carbonyl (C=O) groups excluding carboxylic acids is 1. The van der Waals surface area contributed by atoms with Crippen LogP contribution in [-0.2, 0) is 0 Å². The summed E-state index contributed by atoms with van der Waals surface area (Å²) in [7, 11) is 0. The van der Waals surface area contributed by atoms with Crippen molar-refractivity contribution in [1.29, 1.82) is 0 Å². The summed E-state index contributed by atoms with van der Waals surface area (Å²) in [5, 5.41) is 6.89. The van der Waals surface area contributed by atoms with Crippen molar-refractivity contribution in [3.05, 3.63) is 108 Å². The molecule has 0 aromatic heterocycles. The monoisotopic (exact) mass is 332 g/mol. The molecule has 0 aliphatic rings. The Balaban J connectivity index is 1.62. The molecular weight excluding hydrogens is 316 g/mol. The minimum absolute atomic E-state index is 0.0609. The van der Waals surface area contributed by atoms with Crippen LogP contribution >= 0.6 is 0 Å². The van der Waals surface area contributed by atoms with E-state index in [1.165, 1.54) is 10.8 Å². The van der Waals surface area contributed by atoms with Gasteiger partial charge in [0.2, 0.25) is 0 Å². The molecule has 5 rings (SSSR count). The Kier molecular flexibility index (Phi) is 3.32. The lowest BCUT2D eigenvalue weighted by Crippen LogP contribution is -2.01. The van der Waals surface area contributed by atoms with Gasteiger partial charge in [-0.05, 0) is 56.6 Å².